The summed E-state index contributed by atoms with van der Waals surface area (Å²) in [7, 11) is 4.02. The fourth-order valence-corrected chi connectivity index (χ4v) is 1.99. The van der Waals surface area contributed by atoms with Crippen molar-refractivity contribution in [2.24, 2.45) is 5.41 Å². The third-order valence-corrected chi connectivity index (χ3v) is 3.82. The second-order valence-electron chi connectivity index (χ2n) is 5.77. The highest BCUT2D eigenvalue weighted by molar-refractivity contribution is 5.46. The molecule has 19 heavy (non-hydrogen) atoms. The van der Waals surface area contributed by atoms with Crippen LogP contribution in [0.4, 0.5) is 5.69 Å². The van der Waals surface area contributed by atoms with Gasteiger partial charge >= 0.3 is 0 Å². The van der Waals surface area contributed by atoms with Gasteiger partial charge in [0.2, 0.25) is 0 Å². The quantitative estimate of drug-likeness (QED) is 0.909. The summed E-state index contributed by atoms with van der Waals surface area (Å²) in [6.45, 7) is 4.76. The van der Waals surface area contributed by atoms with Crippen LogP contribution in [0.15, 0.2) is 24.3 Å². The molecule has 1 saturated heterocycles. The number of ether oxygens (including phenoxy) is 2. The zero-order valence-corrected chi connectivity index (χ0v) is 12.1. The summed E-state index contributed by atoms with van der Waals surface area (Å²) in [5, 5.41) is 9.73. The Labute approximate surface area is 114 Å². The van der Waals surface area contributed by atoms with E-state index in [2.05, 4.69) is 4.90 Å². The topological polar surface area (TPSA) is 41.9 Å². The first-order chi connectivity index (χ1) is 8.92. The van der Waals surface area contributed by atoms with E-state index in [1.807, 2.05) is 45.3 Å². The van der Waals surface area contributed by atoms with Gasteiger partial charge in [-0.25, -0.2) is 0 Å². The van der Waals surface area contributed by atoms with Crippen LogP contribution >= 0.6 is 0 Å². The first-order valence-electron chi connectivity index (χ1n) is 6.61. The largest absolute Gasteiger partial charge is 0.393 e. The molecule has 4 heteroatoms. The molecular formula is C15H23NO3. The van der Waals surface area contributed by atoms with E-state index in [4.69, 9.17) is 9.47 Å². The van der Waals surface area contributed by atoms with Crippen LogP contribution in [0.1, 0.15) is 25.7 Å². The molecule has 1 aromatic rings. The minimum Gasteiger partial charge on any atom is -0.393 e. The molecule has 0 radical (unpaired) electrons. The van der Waals surface area contributed by atoms with Crippen molar-refractivity contribution >= 4 is 5.69 Å². The molecule has 0 spiro atoms. The van der Waals surface area contributed by atoms with Gasteiger partial charge in [-0.1, -0.05) is 19.1 Å². The molecule has 4 nitrogen and oxygen atoms in total. The van der Waals surface area contributed by atoms with Crippen LogP contribution in [0.25, 0.3) is 0 Å². The summed E-state index contributed by atoms with van der Waals surface area (Å²) >= 11 is 0. The summed E-state index contributed by atoms with van der Waals surface area (Å²) in [6, 6.07) is 8.13. The Morgan fingerprint density at radius 3 is 2.16 bits per heavy atom. The molecule has 0 amide bonds. The highest BCUT2D eigenvalue weighted by Crippen LogP contribution is 2.34. The Bertz CT molecular complexity index is 406. The molecule has 1 aromatic carbocycles. The lowest BCUT2D eigenvalue weighted by molar-refractivity contribution is -0.247. The summed E-state index contributed by atoms with van der Waals surface area (Å²) in [5.74, 6) is 0. The molecule has 0 bridgehead atoms. The summed E-state index contributed by atoms with van der Waals surface area (Å²) in [5.41, 5.74) is 1.84. The molecule has 1 N–H and O–H groups in total. The molecule has 0 aromatic heterocycles. The third kappa shape index (κ3) is 3.08. The Morgan fingerprint density at radius 2 is 1.74 bits per heavy atom. The average Bonchev–Trinajstić information content (AvgIpc) is 2.39. The van der Waals surface area contributed by atoms with Crippen molar-refractivity contribution in [2.45, 2.75) is 26.2 Å². The van der Waals surface area contributed by atoms with Crippen molar-refractivity contribution in [2.75, 3.05) is 32.2 Å². The number of rotatable bonds is 3. The Morgan fingerprint density at radius 1 is 1.21 bits per heavy atom. The lowest BCUT2D eigenvalue weighted by Gasteiger charge is -2.39. The van der Waals surface area contributed by atoms with E-state index in [1.54, 1.807) is 6.92 Å². The highest BCUT2D eigenvalue weighted by Gasteiger charge is 2.37. The first kappa shape index (κ1) is 14.3. The van der Waals surface area contributed by atoms with Crippen LogP contribution in [0.5, 0.6) is 0 Å². The van der Waals surface area contributed by atoms with Gasteiger partial charge < -0.3 is 19.5 Å². The van der Waals surface area contributed by atoms with Gasteiger partial charge in [0.25, 0.3) is 0 Å². The van der Waals surface area contributed by atoms with Gasteiger partial charge in [-0.3, -0.25) is 0 Å². The summed E-state index contributed by atoms with van der Waals surface area (Å²) in [4.78, 5) is 2.05. The smallest absolute Gasteiger partial charge is 0.183 e. The molecular weight excluding hydrogens is 242 g/mol. The molecule has 0 aliphatic carbocycles. The number of hydrogen-bond donors (Lipinski definition) is 1. The molecule has 1 aliphatic heterocycles. The van der Waals surface area contributed by atoms with Gasteiger partial charge in [0.1, 0.15) is 0 Å². The van der Waals surface area contributed by atoms with Crippen molar-refractivity contribution in [3.8, 4) is 0 Å². The van der Waals surface area contributed by atoms with Crippen molar-refractivity contribution in [1.82, 2.24) is 0 Å². The fraction of sp³-hybridized carbons (Fsp3) is 0.600. The number of nitrogens with zero attached hydrogens (tertiary/aromatic N) is 1. The van der Waals surface area contributed by atoms with E-state index in [0.29, 0.717) is 13.2 Å². The lowest BCUT2D eigenvalue weighted by Crippen LogP contribution is -2.43. The second-order valence-corrected chi connectivity index (χ2v) is 5.77. The van der Waals surface area contributed by atoms with Crippen LogP contribution in [0.2, 0.25) is 0 Å². The van der Waals surface area contributed by atoms with Crippen molar-refractivity contribution in [3.05, 3.63) is 29.8 Å². The number of benzene rings is 1. The molecule has 1 fully saturated rings. The molecule has 2 rings (SSSR count). The van der Waals surface area contributed by atoms with E-state index in [-0.39, 0.29) is 11.7 Å². The first-order valence-corrected chi connectivity index (χ1v) is 6.61. The van der Waals surface area contributed by atoms with Crippen LogP contribution in [-0.2, 0) is 9.47 Å². The van der Waals surface area contributed by atoms with Crippen LogP contribution < -0.4 is 4.90 Å². The number of hydrogen-bond acceptors (Lipinski definition) is 4. The van der Waals surface area contributed by atoms with Crippen molar-refractivity contribution in [3.63, 3.8) is 0 Å². The van der Waals surface area contributed by atoms with Crippen LogP contribution in [0, 0.1) is 5.41 Å². The summed E-state index contributed by atoms with van der Waals surface area (Å²) in [6.07, 6.45) is -0.771. The normalized spacial score (nSPS) is 29.0. The SMILES string of the molecule is CC(O)C1(C)COC(c2ccc(N(C)C)cc2)OC1. The predicted octanol–water partition coefficient (Wildman–Crippen LogP) is 2.19. The van der Waals surface area contributed by atoms with E-state index in [1.165, 1.54) is 0 Å². The van der Waals surface area contributed by atoms with E-state index < -0.39 is 6.10 Å². The van der Waals surface area contributed by atoms with E-state index in [9.17, 15) is 5.11 Å². The van der Waals surface area contributed by atoms with Gasteiger partial charge in [0, 0.05) is 30.8 Å². The minimum absolute atomic E-state index is 0.319. The third-order valence-electron chi connectivity index (χ3n) is 3.82. The van der Waals surface area contributed by atoms with Gasteiger partial charge in [-0.2, -0.15) is 0 Å². The number of anilines is 1. The molecule has 1 aliphatic rings. The Balaban J connectivity index is 2.01. The zero-order chi connectivity index (χ0) is 14.0. The van der Waals surface area contributed by atoms with Crippen molar-refractivity contribution < 1.29 is 14.6 Å². The average molecular weight is 265 g/mol. The van der Waals surface area contributed by atoms with Crippen molar-refractivity contribution in [1.29, 1.82) is 0 Å². The van der Waals surface area contributed by atoms with Gasteiger partial charge in [0.05, 0.1) is 19.3 Å². The maximum Gasteiger partial charge on any atom is 0.183 e. The van der Waals surface area contributed by atoms with Gasteiger partial charge in [-0.15, -0.1) is 0 Å². The Hall–Kier alpha value is -1.10. The lowest BCUT2D eigenvalue weighted by atomic mass is 9.86. The monoisotopic (exact) mass is 265 g/mol. The van der Waals surface area contributed by atoms with E-state index >= 15 is 0 Å². The Kier molecular flexibility index (Phi) is 4.13. The fourth-order valence-electron chi connectivity index (χ4n) is 1.99. The van der Waals surface area contributed by atoms with Crippen LogP contribution in [0.3, 0.4) is 0 Å². The number of aliphatic hydroxyl groups excluding tert-OH is 1. The van der Waals surface area contributed by atoms with Gasteiger partial charge in [0.15, 0.2) is 6.29 Å². The molecule has 106 valence electrons. The minimum atomic E-state index is -0.440. The molecule has 1 heterocycles. The van der Waals surface area contributed by atoms with Crippen LogP contribution in [-0.4, -0.2) is 38.5 Å². The number of aliphatic hydroxyl groups is 1. The molecule has 0 saturated carbocycles. The maximum absolute atomic E-state index is 9.73. The zero-order valence-electron chi connectivity index (χ0n) is 12.1. The predicted molar refractivity (Wildman–Crippen MR) is 75.2 cm³/mol. The highest BCUT2D eigenvalue weighted by atomic mass is 16.7. The van der Waals surface area contributed by atoms with Gasteiger partial charge in [-0.05, 0) is 19.1 Å². The standard InChI is InChI=1S/C15H23NO3/c1-11(17)15(2)9-18-14(19-10-15)12-5-7-13(8-6-12)16(3)4/h5-8,11,14,17H,9-10H2,1-4H3. The molecule has 1 atom stereocenters. The summed E-state index contributed by atoms with van der Waals surface area (Å²) < 4.78 is 11.5. The van der Waals surface area contributed by atoms with E-state index in [0.717, 1.165) is 11.3 Å². The molecule has 1 unspecified atom stereocenters. The second kappa shape index (κ2) is 5.49. The maximum atomic E-state index is 9.73.